The molecule has 0 saturated carbocycles. The van der Waals surface area contributed by atoms with Gasteiger partial charge in [0, 0.05) is 19.5 Å². The molecule has 0 aromatic heterocycles. The minimum Gasteiger partial charge on any atom is -0.319 e. The van der Waals surface area contributed by atoms with Gasteiger partial charge < -0.3 is 10.2 Å². The van der Waals surface area contributed by atoms with E-state index in [0.717, 1.165) is 31.9 Å². The third-order valence-electron chi connectivity index (χ3n) is 2.28. The number of rotatable bonds is 5. The third-order valence-corrected chi connectivity index (χ3v) is 2.28. The highest BCUT2D eigenvalue weighted by Gasteiger charge is 2.22. The normalized spacial score (nSPS) is 16.0. The molecule has 0 saturated heterocycles. The van der Waals surface area contributed by atoms with Crippen molar-refractivity contribution in [3.05, 3.63) is 0 Å². The van der Waals surface area contributed by atoms with Crippen LogP contribution >= 0.6 is 0 Å². The fraction of sp³-hybridized carbons (Fsp3) is 0.800. The molecule has 0 aromatic carbocycles. The molecule has 1 aliphatic heterocycles. The summed E-state index contributed by atoms with van der Waals surface area (Å²) in [6, 6.07) is 0. The van der Waals surface area contributed by atoms with Gasteiger partial charge in [0.25, 0.3) is 0 Å². The number of amidine groups is 1. The van der Waals surface area contributed by atoms with Crippen molar-refractivity contribution in [2.45, 2.75) is 6.42 Å². The van der Waals surface area contributed by atoms with E-state index in [1.54, 1.807) is 4.90 Å². The van der Waals surface area contributed by atoms with Crippen molar-refractivity contribution in [3.63, 3.8) is 0 Å². The van der Waals surface area contributed by atoms with Crippen LogP contribution in [0.25, 0.3) is 0 Å². The van der Waals surface area contributed by atoms with Crippen molar-refractivity contribution in [1.82, 2.24) is 15.1 Å². The number of likely N-dealkylation sites (N-methyl/N-ethyl adjacent to an activating group) is 1. The molecule has 1 heterocycles. The Morgan fingerprint density at radius 1 is 1.60 bits per heavy atom. The Kier molecular flexibility index (Phi) is 4.71. The molecule has 15 heavy (non-hydrogen) atoms. The number of carbonyl (C=O) groups is 1. The second-order valence-corrected chi connectivity index (χ2v) is 3.93. The molecular weight excluding hydrogens is 192 g/mol. The molecule has 5 heteroatoms. The summed E-state index contributed by atoms with van der Waals surface area (Å²) < 4.78 is 0. The van der Waals surface area contributed by atoms with Gasteiger partial charge in [-0.25, -0.2) is 0 Å². The van der Waals surface area contributed by atoms with Crippen LogP contribution in [0.15, 0.2) is 4.99 Å². The average molecular weight is 212 g/mol. The summed E-state index contributed by atoms with van der Waals surface area (Å²) in [6.07, 6.45) is 0.829. The minimum atomic E-state index is 0.146. The van der Waals surface area contributed by atoms with Crippen molar-refractivity contribution in [3.8, 4) is 0 Å². The summed E-state index contributed by atoms with van der Waals surface area (Å²) in [4.78, 5) is 19.8. The molecule has 0 bridgehead atoms. The number of hydrogen-bond donors (Lipinski definition) is 1. The maximum absolute atomic E-state index is 11.8. The molecule has 0 unspecified atom stereocenters. The fourth-order valence-electron chi connectivity index (χ4n) is 1.57. The molecule has 0 atom stereocenters. The Labute approximate surface area is 91.1 Å². The number of nitrogens with one attached hydrogen (secondary N) is 1. The van der Waals surface area contributed by atoms with Crippen molar-refractivity contribution in [1.29, 1.82) is 0 Å². The topological polar surface area (TPSA) is 47.9 Å². The van der Waals surface area contributed by atoms with Gasteiger partial charge in [0.15, 0.2) is 0 Å². The van der Waals surface area contributed by atoms with E-state index in [1.807, 2.05) is 26.0 Å². The predicted octanol–water partition coefficient (Wildman–Crippen LogP) is -0.602. The zero-order chi connectivity index (χ0) is 11.3. The first kappa shape index (κ1) is 12.1. The molecule has 1 aliphatic rings. The van der Waals surface area contributed by atoms with Crippen molar-refractivity contribution in [2.75, 3.05) is 47.3 Å². The summed E-state index contributed by atoms with van der Waals surface area (Å²) >= 11 is 0. The lowest BCUT2D eigenvalue weighted by Crippen LogP contribution is -2.40. The highest BCUT2D eigenvalue weighted by Crippen LogP contribution is 2.05. The fourth-order valence-corrected chi connectivity index (χ4v) is 1.57. The molecule has 0 aromatic rings. The third kappa shape index (κ3) is 3.60. The first-order valence-corrected chi connectivity index (χ1v) is 5.28. The van der Waals surface area contributed by atoms with E-state index in [9.17, 15) is 4.79 Å². The van der Waals surface area contributed by atoms with Gasteiger partial charge in [-0.2, -0.15) is 0 Å². The standard InChI is InChI=1S/C10H20N4O/c1-11-5-4-9-12-6-7-14(9)10(15)8-13(2)3/h11H,4-8H2,1-3H3. The lowest BCUT2D eigenvalue weighted by Gasteiger charge is -2.20. The van der Waals surface area contributed by atoms with Crippen molar-refractivity contribution < 1.29 is 4.79 Å². The number of hydrogen-bond acceptors (Lipinski definition) is 4. The molecule has 1 N–H and O–H groups in total. The Balaban J connectivity index is 2.47. The van der Waals surface area contributed by atoms with Gasteiger partial charge in [0.2, 0.25) is 5.91 Å². The van der Waals surface area contributed by atoms with Crippen LogP contribution in [0.5, 0.6) is 0 Å². The van der Waals surface area contributed by atoms with Crippen LogP contribution in [0.4, 0.5) is 0 Å². The molecule has 5 nitrogen and oxygen atoms in total. The van der Waals surface area contributed by atoms with E-state index in [0.29, 0.717) is 6.54 Å². The Bertz CT molecular complexity index is 250. The predicted molar refractivity (Wildman–Crippen MR) is 61.1 cm³/mol. The van der Waals surface area contributed by atoms with Crippen LogP contribution < -0.4 is 5.32 Å². The van der Waals surface area contributed by atoms with Crippen LogP contribution in [-0.4, -0.2) is 68.9 Å². The molecule has 0 spiro atoms. The maximum Gasteiger partial charge on any atom is 0.242 e. The van der Waals surface area contributed by atoms with E-state index in [4.69, 9.17) is 0 Å². The van der Waals surface area contributed by atoms with Gasteiger partial charge in [0.1, 0.15) is 5.84 Å². The number of carbonyl (C=O) groups excluding carboxylic acids is 1. The molecular formula is C10H20N4O. The van der Waals surface area contributed by atoms with Gasteiger partial charge in [-0.3, -0.25) is 14.7 Å². The zero-order valence-electron chi connectivity index (χ0n) is 9.79. The largest absolute Gasteiger partial charge is 0.319 e. The van der Waals surface area contributed by atoms with E-state index >= 15 is 0 Å². The summed E-state index contributed by atoms with van der Waals surface area (Å²) in [6.45, 7) is 2.81. The summed E-state index contributed by atoms with van der Waals surface area (Å²) in [5.41, 5.74) is 0. The SMILES string of the molecule is CNCCC1=NCCN1C(=O)CN(C)C. The van der Waals surface area contributed by atoms with Gasteiger partial charge in [-0.1, -0.05) is 0 Å². The Morgan fingerprint density at radius 2 is 2.33 bits per heavy atom. The van der Waals surface area contributed by atoms with Crippen LogP contribution in [0.3, 0.4) is 0 Å². The maximum atomic E-state index is 11.8. The first-order chi connectivity index (χ1) is 7.15. The molecule has 1 amide bonds. The highest BCUT2D eigenvalue weighted by atomic mass is 16.2. The summed E-state index contributed by atoms with van der Waals surface area (Å²) in [5.74, 6) is 1.07. The number of nitrogens with zero attached hydrogens (tertiary/aromatic N) is 3. The minimum absolute atomic E-state index is 0.146. The first-order valence-electron chi connectivity index (χ1n) is 5.28. The van der Waals surface area contributed by atoms with Crippen molar-refractivity contribution in [2.24, 2.45) is 4.99 Å². The van der Waals surface area contributed by atoms with Gasteiger partial charge >= 0.3 is 0 Å². The van der Waals surface area contributed by atoms with Crippen LogP contribution in [0, 0.1) is 0 Å². The lowest BCUT2D eigenvalue weighted by molar-refractivity contribution is -0.127. The average Bonchev–Trinajstić information content (AvgIpc) is 2.61. The summed E-state index contributed by atoms with van der Waals surface area (Å²) in [5, 5.41) is 3.07. The molecule has 86 valence electrons. The van der Waals surface area contributed by atoms with Gasteiger partial charge in [0.05, 0.1) is 13.1 Å². The Morgan fingerprint density at radius 3 is 2.93 bits per heavy atom. The molecule has 1 rings (SSSR count). The smallest absolute Gasteiger partial charge is 0.242 e. The molecule has 0 radical (unpaired) electrons. The summed E-state index contributed by atoms with van der Waals surface area (Å²) in [7, 11) is 5.71. The van der Waals surface area contributed by atoms with Crippen molar-refractivity contribution >= 4 is 11.7 Å². The highest BCUT2D eigenvalue weighted by molar-refractivity contribution is 6.00. The molecule has 0 fully saturated rings. The second kappa shape index (κ2) is 5.82. The quantitative estimate of drug-likeness (QED) is 0.662. The van der Waals surface area contributed by atoms with Crippen LogP contribution in [-0.2, 0) is 4.79 Å². The monoisotopic (exact) mass is 212 g/mol. The lowest BCUT2D eigenvalue weighted by atomic mass is 10.3. The Hall–Kier alpha value is -0.940. The van der Waals surface area contributed by atoms with E-state index in [2.05, 4.69) is 10.3 Å². The van der Waals surface area contributed by atoms with Crippen LogP contribution in [0.1, 0.15) is 6.42 Å². The zero-order valence-corrected chi connectivity index (χ0v) is 9.79. The molecule has 0 aliphatic carbocycles. The van der Waals surface area contributed by atoms with Gasteiger partial charge in [-0.05, 0) is 21.1 Å². The van der Waals surface area contributed by atoms with Gasteiger partial charge in [-0.15, -0.1) is 0 Å². The van der Waals surface area contributed by atoms with Crippen LogP contribution in [0.2, 0.25) is 0 Å². The van der Waals surface area contributed by atoms with E-state index in [1.165, 1.54) is 0 Å². The number of amides is 1. The van der Waals surface area contributed by atoms with E-state index < -0.39 is 0 Å². The number of aliphatic imine (C=N–C) groups is 1. The second-order valence-electron chi connectivity index (χ2n) is 3.93. The van der Waals surface area contributed by atoms with E-state index in [-0.39, 0.29) is 5.91 Å².